The van der Waals surface area contributed by atoms with Crippen LogP contribution in [0.25, 0.3) is 0 Å². The fourth-order valence-electron chi connectivity index (χ4n) is 8.86. The number of hydrogen-bond acceptors (Lipinski definition) is 9. The molecule has 368 valence electrons. The topological polar surface area (TPSA) is 114 Å². The lowest BCUT2D eigenvalue weighted by Gasteiger charge is -2.23. The lowest BCUT2D eigenvalue weighted by molar-refractivity contribution is -0.150. The largest absolute Gasteiger partial charge is 0.465 e. The van der Waals surface area contributed by atoms with E-state index in [-0.39, 0.29) is 18.0 Å². The summed E-state index contributed by atoms with van der Waals surface area (Å²) in [5.74, 6) is 0.478. The average Bonchev–Trinajstić information content (AvgIpc) is 3.28. The lowest BCUT2D eigenvalue weighted by Crippen LogP contribution is -2.37. The molecule has 0 saturated heterocycles. The van der Waals surface area contributed by atoms with Crippen molar-refractivity contribution in [2.24, 2.45) is 5.92 Å². The molecule has 0 radical (unpaired) electrons. The van der Waals surface area contributed by atoms with Gasteiger partial charge < -0.3 is 25.0 Å². The monoisotopic (exact) mass is 888 g/mol. The zero-order valence-corrected chi connectivity index (χ0v) is 42.0. The number of nitrogens with one attached hydrogen (secondary N) is 2. The Balaban J connectivity index is 2.43. The molecule has 1 atom stereocenters. The van der Waals surface area contributed by atoms with Gasteiger partial charge in [0.15, 0.2) is 0 Å². The summed E-state index contributed by atoms with van der Waals surface area (Å²) in [6, 6.07) is 0. The predicted octanol–water partition coefficient (Wildman–Crippen LogP) is 14.2. The van der Waals surface area contributed by atoms with E-state index in [4.69, 9.17) is 9.47 Å². The molecule has 1 rings (SSSR count). The zero-order valence-electron chi connectivity index (χ0n) is 42.0. The van der Waals surface area contributed by atoms with Crippen molar-refractivity contribution in [3.8, 4) is 0 Å². The van der Waals surface area contributed by atoms with Crippen molar-refractivity contribution in [1.82, 2.24) is 4.90 Å². The van der Waals surface area contributed by atoms with Gasteiger partial charge in [0.05, 0.1) is 6.61 Å². The van der Waals surface area contributed by atoms with Gasteiger partial charge in [-0.05, 0) is 96.2 Å². The molecule has 0 aliphatic carbocycles. The minimum atomic E-state index is -0.439. The Morgan fingerprint density at radius 3 is 1.41 bits per heavy atom. The third-order valence-corrected chi connectivity index (χ3v) is 13.0. The van der Waals surface area contributed by atoms with E-state index >= 15 is 0 Å². The Morgan fingerprint density at radius 1 is 0.476 bits per heavy atom. The van der Waals surface area contributed by atoms with Gasteiger partial charge in [0.1, 0.15) is 17.5 Å². The molecular weight excluding hydrogens is 787 g/mol. The minimum absolute atomic E-state index is 0.00278. The van der Waals surface area contributed by atoms with E-state index in [1.165, 1.54) is 122 Å². The Labute approximate surface area is 387 Å². The number of rotatable bonds is 48. The van der Waals surface area contributed by atoms with Crippen LogP contribution in [0.15, 0.2) is 9.59 Å². The molecule has 63 heavy (non-hydrogen) atoms. The van der Waals surface area contributed by atoms with Gasteiger partial charge in [-0.15, -0.1) is 0 Å². The zero-order chi connectivity index (χ0) is 46.0. The summed E-state index contributed by atoms with van der Waals surface area (Å²) in [5.41, 5.74) is -0.0553. The Hall–Kier alpha value is -2.42. The van der Waals surface area contributed by atoms with Crippen molar-refractivity contribution in [2.75, 3.05) is 50.5 Å². The van der Waals surface area contributed by atoms with E-state index < -0.39 is 10.9 Å². The summed E-state index contributed by atoms with van der Waals surface area (Å²) in [4.78, 5) is 51.8. The van der Waals surface area contributed by atoms with Crippen LogP contribution in [0.4, 0.5) is 11.4 Å². The van der Waals surface area contributed by atoms with Crippen LogP contribution in [0.3, 0.4) is 0 Å². The summed E-state index contributed by atoms with van der Waals surface area (Å²) in [6.07, 6.45) is 41.2. The highest BCUT2D eigenvalue weighted by atomic mass is 16.5. The summed E-state index contributed by atoms with van der Waals surface area (Å²) in [5, 5.41) is 6.03. The molecule has 9 heteroatoms. The number of unbranched alkanes of at least 4 members (excludes halogenated alkanes) is 23. The highest BCUT2D eigenvalue weighted by Gasteiger charge is 2.19. The summed E-state index contributed by atoms with van der Waals surface area (Å²) in [6.45, 7) is 13.3. The van der Waals surface area contributed by atoms with Crippen molar-refractivity contribution >= 4 is 23.3 Å². The van der Waals surface area contributed by atoms with Crippen LogP contribution in [0.1, 0.15) is 259 Å². The molecule has 1 aromatic rings. The second kappa shape index (κ2) is 42.2. The Kier molecular flexibility index (Phi) is 39.3. The van der Waals surface area contributed by atoms with Gasteiger partial charge >= 0.3 is 11.9 Å². The number of carbonyl (C=O) groups is 2. The van der Waals surface area contributed by atoms with Crippen LogP contribution in [-0.2, 0) is 19.1 Å². The van der Waals surface area contributed by atoms with Gasteiger partial charge in [0.2, 0.25) is 0 Å². The molecule has 0 heterocycles. The van der Waals surface area contributed by atoms with E-state index in [2.05, 4.69) is 43.2 Å². The van der Waals surface area contributed by atoms with Crippen molar-refractivity contribution in [3.05, 3.63) is 20.4 Å². The van der Waals surface area contributed by atoms with Gasteiger partial charge in [-0.3, -0.25) is 19.2 Å². The van der Waals surface area contributed by atoms with Crippen molar-refractivity contribution in [3.63, 3.8) is 0 Å². The second-order valence-corrected chi connectivity index (χ2v) is 18.9. The third-order valence-electron chi connectivity index (χ3n) is 13.0. The molecule has 0 saturated carbocycles. The maximum absolute atomic E-state index is 12.9. The smallest absolute Gasteiger partial charge is 0.306 e. The molecule has 1 aromatic carbocycles. The van der Waals surface area contributed by atoms with E-state index in [1.54, 1.807) is 7.05 Å². The molecule has 0 bridgehead atoms. The molecule has 0 aliphatic rings. The number of ether oxygens (including phenoxy) is 2. The molecule has 1 unspecified atom stereocenters. The third kappa shape index (κ3) is 32.0. The van der Waals surface area contributed by atoms with Crippen LogP contribution < -0.4 is 21.5 Å². The first kappa shape index (κ1) is 58.6. The second-order valence-electron chi connectivity index (χ2n) is 18.9. The first-order valence-electron chi connectivity index (χ1n) is 27.1. The van der Waals surface area contributed by atoms with Gasteiger partial charge in [0.25, 0.3) is 10.9 Å². The van der Waals surface area contributed by atoms with E-state index in [0.29, 0.717) is 43.3 Å². The maximum atomic E-state index is 12.9. The minimum Gasteiger partial charge on any atom is -0.465 e. The fraction of sp³-hybridized carbons (Fsp3) is 0.889. The van der Waals surface area contributed by atoms with E-state index in [1.807, 2.05) is 0 Å². The van der Waals surface area contributed by atoms with Gasteiger partial charge in [-0.1, -0.05) is 175 Å². The van der Waals surface area contributed by atoms with E-state index in [9.17, 15) is 19.2 Å². The van der Waals surface area contributed by atoms with Gasteiger partial charge in [-0.2, -0.15) is 0 Å². The molecule has 0 aromatic heterocycles. The van der Waals surface area contributed by atoms with Crippen molar-refractivity contribution < 1.29 is 19.1 Å². The summed E-state index contributed by atoms with van der Waals surface area (Å²) >= 11 is 0. The van der Waals surface area contributed by atoms with Crippen LogP contribution in [-0.4, -0.2) is 62.8 Å². The normalized spacial score (nSPS) is 12.1. The van der Waals surface area contributed by atoms with Gasteiger partial charge in [0, 0.05) is 26.4 Å². The lowest BCUT2D eigenvalue weighted by atomic mass is 9.96. The van der Waals surface area contributed by atoms with Gasteiger partial charge in [-0.25, -0.2) is 0 Å². The first-order valence-corrected chi connectivity index (χ1v) is 27.1. The number of nitrogens with zero attached hydrogens (tertiary/aromatic N) is 1. The standard InChI is InChI=1S/C54H101N3O6/c1-6-10-14-17-22-29-38-48(39-30-23-18-15-11-7-2)63-50(59)41-32-25-20-27-34-44-57(45-35-42-56-52-51(55-5)53(60)54(52)61)43-33-26-19-24-31-40-49(58)62-46-47(36-13-9-4)37-28-21-16-12-8-3/h47-48,55-56H,6-46H2,1-5H3. The fourth-order valence-corrected chi connectivity index (χ4v) is 8.86. The molecule has 0 amide bonds. The molecule has 2 N–H and O–H groups in total. The van der Waals surface area contributed by atoms with Crippen LogP contribution in [0, 0.1) is 5.92 Å². The number of esters is 2. The SMILES string of the molecule is CCCCCCCCC(CCCCCCCC)OC(=O)CCCCCCCN(CCCCCCCC(=O)OCC(CCCC)CCCCCCC)CCCNc1c(NC)c(=O)c1=O. The molecule has 0 aliphatic heterocycles. The first-order chi connectivity index (χ1) is 30.8. The highest BCUT2D eigenvalue weighted by molar-refractivity contribution is 5.73. The molecular formula is C54H101N3O6. The Bertz CT molecular complexity index is 1260. The van der Waals surface area contributed by atoms with Crippen LogP contribution in [0.5, 0.6) is 0 Å². The van der Waals surface area contributed by atoms with Crippen LogP contribution in [0.2, 0.25) is 0 Å². The number of hydrogen-bond donors (Lipinski definition) is 2. The van der Waals surface area contributed by atoms with Crippen LogP contribution >= 0.6 is 0 Å². The maximum Gasteiger partial charge on any atom is 0.306 e. The predicted molar refractivity (Wildman–Crippen MR) is 269 cm³/mol. The Morgan fingerprint density at radius 2 is 0.889 bits per heavy atom. The number of carbonyl (C=O) groups excluding carboxylic acids is 2. The molecule has 0 fully saturated rings. The quantitative estimate of drug-likeness (QED) is 0.0375. The molecule has 9 nitrogen and oxygen atoms in total. The molecule has 0 spiro atoms. The number of anilines is 2. The summed E-state index contributed by atoms with van der Waals surface area (Å²) < 4.78 is 11.8. The van der Waals surface area contributed by atoms with Crippen molar-refractivity contribution in [2.45, 2.75) is 265 Å². The van der Waals surface area contributed by atoms with Crippen molar-refractivity contribution in [1.29, 1.82) is 0 Å². The highest BCUT2D eigenvalue weighted by Crippen LogP contribution is 2.21. The average molecular weight is 888 g/mol. The van der Waals surface area contributed by atoms with E-state index in [0.717, 1.165) is 116 Å². The summed E-state index contributed by atoms with van der Waals surface area (Å²) in [7, 11) is 1.67.